The number of amides is 1. The highest BCUT2D eigenvalue weighted by Gasteiger charge is 2.15. The zero-order valence-corrected chi connectivity index (χ0v) is 15.8. The molecule has 0 spiro atoms. The summed E-state index contributed by atoms with van der Waals surface area (Å²) >= 11 is 10.7. The number of benzene rings is 2. The van der Waals surface area contributed by atoms with Gasteiger partial charge < -0.3 is 4.42 Å². The third-order valence-corrected chi connectivity index (χ3v) is 5.07. The predicted molar refractivity (Wildman–Crippen MR) is 104 cm³/mol. The van der Waals surface area contributed by atoms with Crippen LogP contribution in [0.15, 0.2) is 62.8 Å². The minimum atomic E-state index is -0.329. The Balaban J connectivity index is 1.55. The van der Waals surface area contributed by atoms with E-state index in [2.05, 4.69) is 26.2 Å². The van der Waals surface area contributed by atoms with Crippen molar-refractivity contribution in [2.45, 2.75) is 0 Å². The van der Waals surface area contributed by atoms with Crippen LogP contribution in [0.2, 0.25) is 5.02 Å². The van der Waals surface area contributed by atoms with Gasteiger partial charge in [-0.15, -0.1) is 11.3 Å². The Morgan fingerprint density at radius 3 is 2.76 bits per heavy atom. The molecule has 1 N–H and O–H groups in total. The molecule has 0 aliphatic rings. The number of furan rings is 1. The van der Waals surface area contributed by atoms with Crippen molar-refractivity contribution >= 4 is 60.9 Å². The Labute approximate surface area is 160 Å². The van der Waals surface area contributed by atoms with Crippen LogP contribution in [0, 0.1) is 0 Å². The fraction of sp³-hybridized carbons (Fsp3) is 0. The van der Waals surface area contributed by atoms with Crippen molar-refractivity contribution in [3.8, 4) is 11.3 Å². The Hall–Kier alpha value is -2.15. The van der Waals surface area contributed by atoms with E-state index in [0.29, 0.717) is 15.7 Å². The molecule has 0 unspecified atom stereocenters. The maximum Gasteiger partial charge on any atom is 0.293 e. The number of rotatable bonds is 3. The lowest BCUT2D eigenvalue weighted by molar-refractivity contribution is 0.0998. The summed E-state index contributed by atoms with van der Waals surface area (Å²) in [7, 11) is 0. The molecule has 0 atom stereocenters. The van der Waals surface area contributed by atoms with Crippen LogP contribution in [0.1, 0.15) is 10.6 Å². The first-order valence-electron chi connectivity index (χ1n) is 7.30. The lowest BCUT2D eigenvalue weighted by Gasteiger charge is -1.98. The fourth-order valence-corrected chi connectivity index (χ4v) is 3.59. The molecule has 4 nitrogen and oxygen atoms in total. The van der Waals surface area contributed by atoms with Crippen LogP contribution in [0.5, 0.6) is 0 Å². The number of thiazole rings is 1. The SMILES string of the molecule is O=C(Nc1nc(-c2ccc(Cl)cc2)cs1)c1cc2cc(Br)ccc2o1. The minimum Gasteiger partial charge on any atom is -0.451 e. The molecule has 0 radical (unpaired) electrons. The maximum atomic E-state index is 12.4. The van der Waals surface area contributed by atoms with Gasteiger partial charge >= 0.3 is 0 Å². The van der Waals surface area contributed by atoms with Crippen molar-refractivity contribution in [1.82, 2.24) is 4.98 Å². The number of nitrogens with zero attached hydrogens (tertiary/aromatic N) is 1. The van der Waals surface area contributed by atoms with E-state index in [1.165, 1.54) is 11.3 Å². The molecule has 4 aromatic rings. The molecule has 2 heterocycles. The van der Waals surface area contributed by atoms with E-state index < -0.39 is 0 Å². The second-order valence-corrected chi connectivity index (χ2v) is 7.50. The van der Waals surface area contributed by atoms with Gasteiger partial charge in [-0.3, -0.25) is 10.1 Å². The van der Waals surface area contributed by atoms with Gasteiger partial charge in [-0.1, -0.05) is 39.7 Å². The second kappa shape index (κ2) is 6.63. The molecular weight excluding hydrogens is 424 g/mol. The number of hydrogen-bond acceptors (Lipinski definition) is 4. The summed E-state index contributed by atoms with van der Waals surface area (Å²) in [4.78, 5) is 16.8. The highest BCUT2D eigenvalue weighted by atomic mass is 79.9. The van der Waals surface area contributed by atoms with Gasteiger partial charge in [-0.2, -0.15) is 0 Å². The number of fused-ring (bicyclic) bond motifs is 1. The van der Waals surface area contributed by atoms with Crippen LogP contribution in [0.25, 0.3) is 22.2 Å². The molecule has 1 amide bonds. The van der Waals surface area contributed by atoms with Gasteiger partial charge in [-0.05, 0) is 36.4 Å². The first-order valence-corrected chi connectivity index (χ1v) is 9.35. The number of carbonyl (C=O) groups is 1. The van der Waals surface area contributed by atoms with Crippen LogP contribution < -0.4 is 5.32 Å². The molecular formula is C18H10BrClN2O2S. The van der Waals surface area contributed by atoms with E-state index >= 15 is 0 Å². The third-order valence-electron chi connectivity index (χ3n) is 3.57. The molecule has 2 aromatic heterocycles. The van der Waals surface area contributed by atoms with Gasteiger partial charge in [0.25, 0.3) is 5.91 Å². The summed E-state index contributed by atoms with van der Waals surface area (Å²) in [5.74, 6) is -0.0827. The topological polar surface area (TPSA) is 55.1 Å². The number of hydrogen-bond donors (Lipinski definition) is 1. The Bertz CT molecular complexity index is 1070. The Morgan fingerprint density at radius 1 is 1.16 bits per heavy atom. The molecule has 0 aliphatic carbocycles. The molecule has 4 rings (SSSR count). The van der Waals surface area contributed by atoms with Gasteiger partial charge in [0, 0.05) is 25.8 Å². The normalized spacial score (nSPS) is 11.0. The smallest absolute Gasteiger partial charge is 0.293 e. The molecule has 124 valence electrons. The molecule has 0 fully saturated rings. The van der Waals surface area contributed by atoms with Crippen LogP contribution in [-0.4, -0.2) is 10.9 Å². The number of anilines is 1. The molecule has 0 bridgehead atoms. The average molecular weight is 434 g/mol. The largest absolute Gasteiger partial charge is 0.451 e. The number of carbonyl (C=O) groups excluding carboxylic acids is 1. The molecule has 0 aliphatic heterocycles. The predicted octanol–water partition coefficient (Wildman–Crippen LogP) is 6.22. The summed E-state index contributed by atoms with van der Waals surface area (Å²) in [6.45, 7) is 0. The van der Waals surface area contributed by atoms with E-state index in [0.717, 1.165) is 21.1 Å². The lowest BCUT2D eigenvalue weighted by Crippen LogP contribution is -2.10. The molecule has 0 saturated carbocycles. The standard InChI is InChI=1S/C18H10BrClN2O2S/c19-12-3-6-15-11(7-12)8-16(24-15)17(23)22-18-21-14(9-25-18)10-1-4-13(20)5-2-10/h1-9H,(H,21,22,23). The van der Waals surface area contributed by atoms with Gasteiger partial charge in [0.2, 0.25) is 0 Å². The van der Waals surface area contributed by atoms with Crippen molar-refractivity contribution in [2.75, 3.05) is 5.32 Å². The van der Waals surface area contributed by atoms with E-state index in [4.69, 9.17) is 16.0 Å². The molecule has 0 saturated heterocycles. The minimum absolute atomic E-state index is 0.247. The molecule has 7 heteroatoms. The fourth-order valence-electron chi connectivity index (χ4n) is 2.37. The first kappa shape index (κ1) is 16.3. The van der Waals surface area contributed by atoms with Crippen LogP contribution in [-0.2, 0) is 0 Å². The van der Waals surface area contributed by atoms with Crippen molar-refractivity contribution in [1.29, 1.82) is 0 Å². The van der Waals surface area contributed by atoms with Crippen LogP contribution in [0.4, 0.5) is 5.13 Å². The first-order chi connectivity index (χ1) is 12.1. The quantitative estimate of drug-likeness (QED) is 0.417. The summed E-state index contributed by atoms with van der Waals surface area (Å²) in [6.07, 6.45) is 0. The van der Waals surface area contributed by atoms with Gasteiger partial charge in [0.05, 0.1) is 5.69 Å². The highest BCUT2D eigenvalue weighted by Crippen LogP contribution is 2.27. The van der Waals surface area contributed by atoms with E-state index in [1.54, 1.807) is 18.2 Å². The summed E-state index contributed by atoms with van der Waals surface area (Å²) in [5.41, 5.74) is 2.38. The number of aromatic nitrogens is 1. The van der Waals surface area contributed by atoms with E-state index in [9.17, 15) is 4.79 Å². The number of halogens is 2. The number of nitrogens with one attached hydrogen (secondary N) is 1. The Morgan fingerprint density at radius 2 is 1.96 bits per heavy atom. The van der Waals surface area contributed by atoms with Crippen molar-refractivity contribution in [2.24, 2.45) is 0 Å². The van der Waals surface area contributed by atoms with Crippen LogP contribution in [0.3, 0.4) is 0 Å². The highest BCUT2D eigenvalue weighted by molar-refractivity contribution is 9.10. The monoisotopic (exact) mass is 432 g/mol. The lowest BCUT2D eigenvalue weighted by atomic mass is 10.2. The third kappa shape index (κ3) is 3.46. The van der Waals surface area contributed by atoms with E-state index in [1.807, 2.05) is 35.7 Å². The zero-order valence-electron chi connectivity index (χ0n) is 12.6. The second-order valence-electron chi connectivity index (χ2n) is 5.29. The van der Waals surface area contributed by atoms with Crippen molar-refractivity contribution in [3.05, 3.63) is 69.2 Å². The van der Waals surface area contributed by atoms with E-state index in [-0.39, 0.29) is 11.7 Å². The van der Waals surface area contributed by atoms with Gasteiger partial charge in [-0.25, -0.2) is 4.98 Å². The maximum absolute atomic E-state index is 12.4. The average Bonchev–Trinajstić information content (AvgIpc) is 3.22. The van der Waals surface area contributed by atoms with Crippen molar-refractivity contribution < 1.29 is 9.21 Å². The van der Waals surface area contributed by atoms with Crippen LogP contribution >= 0.6 is 38.9 Å². The van der Waals surface area contributed by atoms with Crippen molar-refractivity contribution in [3.63, 3.8) is 0 Å². The van der Waals surface area contributed by atoms with Gasteiger partial charge in [0.15, 0.2) is 10.9 Å². The van der Waals surface area contributed by atoms with Gasteiger partial charge in [0.1, 0.15) is 5.58 Å². The summed E-state index contributed by atoms with van der Waals surface area (Å²) in [6, 6.07) is 14.7. The zero-order chi connectivity index (χ0) is 17.4. The summed E-state index contributed by atoms with van der Waals surface area (Å²) in [5, 5.41) is 6.70. The molecule has 25 heavy (non-hydrogen) atoms. The summed E-state index contributed by atoms with van der Waals surface area (Å²) < 4.78 is 6.52. The molecule has 2 aromatic carbocycles. The Kier molecular flexibility index (Phi) is 4.33.